The van der Waals surface area contributed by atoms with Crippen LogP contribution in [0, 0.1) is 0 Å². The molecule has 128 valence electrons. The van der Waals surface area contributed by atoms with Gasteiger partial charge in [0.2, 0.25) is 0 Å². The Morgan fingerprint density at radius 2 is 1.76 bits per heavy atom. The van der Waals surface area contributed by atoms with Crippen LogP contribution in [0.3, 0.4) is 0 Å². The van der Waals surface area contributed by atoms with Gasteiger partial charge in [0, 0.05) is 49.0 Å². The molecule has 25 heavy (non-hydrogen) atoms. The lowest BCUT2D eigenvalue weighted by Crippen LogP contribution is -2.46. The van der Waals surface area contributed by atoms with E-state index < -0.39 is 0 Å². The number of nitrogens with zero attached hydrogens (tertiary/aromatic N) is 2. The SMILES string of the molecule is O=c1c(CN2CCN(c3ccccc3)CC2)coc2ccc(Cl)cc12. The molecule has 1 saturated heterocycles. The van der Waals surface area contributed by atoms with Crippen molar-refractivity contribution in [3.05, 3.63) is 75.6 Å². The van der Waals surface area contributed by atoms with Crippen molar-refractivity contribution < 1.29 is 4.42 Å². The summed E-state index contributed by atoms with van der Waals surface area (Å²) in [5, 5.41) is 1.10. The molecule has 1 fully saturated rings. The highest BCUT2D eigenvalue weighted by Crippen LogP contribution is 2.19. The van der Waals surface area contributed by atoms with Crippen molar-refractivity contribution in [2.75, 3.05) is 31.1 Å². The van der Waals surface area contributed by atoms with Gasteiger partial charge in [-0.05, 0) is 30.3 Å². The van der Waals surface area contributed by atoms with Crippen molar-refractivity contribution in [1.82, 2.24) is 4.90 Å². The van der Waals surface area contributed by atoms with Crippen molar-refractivity contribution in [1.29, 1.82) is 0 Å². The van der Waals surface area contributed by atoms with E-state index in [2.05, 4.69) is 34.1 Å². The summed E-state index contributed by atoms with van der Waals surface area (Å²) < 4.78 is 5.61. The average Bonchev–Trinajstić information content (AvgIpc) is 2.66. The summed E-state index contributed by atoms with van der Waals surface area (Å²) in [4.78, 5) is 17.4. The highest BCUT2D eigenvalue weighted by molar-refractivity contribution is 6.31. The number of para-hydroxylation sites is 1. The second kappa shape index (κ2) is 6.90. The monoisotopic (exact) mass is 354 g/mol. The number of piperazine rings is 1. The number of benzene rings is 2. The first-order valence-electron chi connectivity index (χ1n) is 8.43. The molecule has 1 aliphatic rings. The second-order valence-corrected chi connectivity index (χ2v) is 6.77. The van der Waals surface area contributed by atoms with E-state index in [4.69, 9.17) is 16.0 Å². The van der Waals surface area contributed by atoms with E-state index in [-0.39, 0.29) is 5.43 Å². The smallest absolute Gasteiger partial charge is 0.197 e. The van der Waals surface area contributed by atoms with Crippen LogP contribution in [0.5, 0.6) is 0 Å². The first-order valence-corrected chi connectivity index (χ1v) is 8.81. The van der Waals surface area contributed by atoms with Crippen LogP contribution in [0.1, 0.15) is 5.56 Å². The maximum Gasteiger partial charge on any atom is 0.197 e. The number of hydrogen-bond donors (Lipinski definition) is 0. The number of hydrogen-bond acceptors (Lipinski definition) is 4. The predicted molar refractivity (Wildman–Crippen MR) is 101 cm³/mol. The highest BCUT2D eigenvalue weighted by Gasteiger charge is 2.19. The van der Waals surface area contributed by atoms with Crippen molar-refractivity contribution in [3.8, 4) is 0 Å². The highest BCUT2D eigenvalue weighted by atomic mass is 35.5. The number of anilines is 1. The number of rotatable bonds is 3. The van der Waals surface area contributed by atoms with Crippen LogP contribution < -0.4 is 10.3 Å². The molecule has 0 spiro atoms. The Bertz CT molecular complexity index is 931. The topological polar surface area (TPSA) is 36.7 Å². The van der Waals surface area contributed by atoms with Gasteiger partial charge in [-0.1, -0.05) is 29.8 Å². The molecule has 4 rings (SSSR count). The fourth-order valence-electron chi connectivity index (χ4n) is 3.30. The zero-order chi connectivity index (χ0) is 17.2. The van der Waals surface area contributed by atoms with Crippen LogP contribution in [0.2, 0.25) is 5.02 Å². The molecule has 0 atom stereocenters. The van der Waals surface area contributed by atoms with Gasteiger partial charge in [0.15, 0.2) is 5.43 Å². The van der Waals surface area contributed by atoms with E-state index >= 15 is 0 Å². The van der Waals surface area contributed by atoms with Crippen molar-refractivity contribution >= 4 is 28.3 Å². The van der Waals surface area contributed by atoms with Gasteiger partial charge in [-0.3, -0.25) is 9.69 Å². The summed E-state index contributed by atoms with van der Waals surface area (Å²) in [5.41, 5.74) is 2.52. The van der Waals surface area contributed by atoms with E-state index in [0.717, 1.165) is 26.2 Å². The molecule has 0 aliphatic carbocycles. The fourth-order valence-corrected chi connectivity index (χ4v) is 3.47. The van der Waals surface area contributed by atoms with Gasteiger partial charge in [-0.2, -0.15) is 0 Å². The summed E-state index contributed by atoms with van der Waals surface area (Å²) in [6.07, 6.45) is 1.59. The summed E-state index contributed by atoms with van der Waals surface area (Å²) in [6, 6.07) is 15.6. The van der Waals surface area contributed by atoms with Crippen LogP contribution in [-0.4, -0.2) is 31.1 Å². The van der Waals surface area contributed by atoms with E-state index in [1.165, 1.54) is 5.69 Å². The lowest BCUT2D eigenvalue weighted by molar-refractivity contribution is 0.247. The maximum absolute atomic E-state index is 12.7. The molecule has 4 nitrogen and oxygen atoms in total. The minimum Gasteiger partial charge on any atom is -0.464 e. The summed E-state index contributed by atoms with van der Waals surface area (Å²) in [6.45, 7) is 4.35. The van der Waals surface area contributed by atoms with Crippen LogP contribution in [0.25, 0.3) is 11.0 Å². The molecule has 1 aromatic heterocycles. The molecule has 0 bridgehead atoms. The standard InChI is InChI=1S/C20H19ClN2O2/c21-16-6-7-19-18(12-16)20(24)15(14-25-19)13-22-8-10-23(11-9-22)17-4-2-1-3-5-17/h1-7,12,14H,8-11,13H2. The van der Waals surface area contributed by atoms with Crippen molar-refractivity contribution in [2.24, 2.45) is 0 Å². The molecule has 0 N–H and O–H groups in total. The van der Waals surface area contributed by atoms with E-state index in [0.29, 0.717) is 28.1 Å². The third-order valence-corrected chi connectivity index (χ3v) is 4.93. The molecule has 0 unspecified atom stereocenters. The molecule has 5 heteroatoms. The van der Waals surface area contributed by atoms with Gasteiger partial charge in [-0.15, -0.1) is 0 Å². The first-order chi connectivity index (χ1) is 12.2. The van der Waals surface area contributed by atoms with Gasteiger partial charge in [0.05, 0.1) is 11.6 Å². The van der Waals surface area contributed by atoms with Gasteiger partial charge >= 0.3 is 0 Å². The lowest BCUT2D eigenvalue weighted by Gasteiger charge is -2.36. The van der Waals surface area contributed by atoms with Gasteiger partial charge in [-0.25, -0.2) is 0 Å². The molecular weight excluding hydrogens is 336 g/mol. The van der Waals surface area contributed by atoms with Crippen molar-refractivity contribution in [3.63, 3.8) is 0 Å². The Balaban J connectivity index is 1.48. The summed E-state index contributed by atoms with van der Waals surface area (Å²) in [7, 11) is 0. The maximum atomic E-state index is 12.7. The number of halogens is 1. The average molecular weight is 355 g/mol. The van der Waals surface area contributed by atoms with E-state index in [9.17, 15) is 4.79 Å². The Morgan fingerprint density at radius 1 is 1.00 bits per heavy atom. The Kier molecular flexibility index (Phi) is 4.47. The molecule has 1 aliphatic heterocycles. The fraction of sp³-hybridized carbons (Fsp3) is 0.250. The number of fused-ring (bicyclic) bond motifs is 1. The summed E-state index contributed by atoms with van der Waals surface area (Å²) in [5.74, 6) is 0. The molecule has 3 aromatic rings. The van der Waals surface area contributed by atoms with E-state index in [1.54, 1.807) is 24.5 Å². The zero-order valence-electron chi connectivity index (χ0n) is 13.8. The lowest BCUT2D eigenvalue weighted by atomic mass is 10.1. The summed E-state index contributed by atoms with van der Waals surface area (Å²) >= 11 is 6.01. The predicted octanol–water partition coefficient (Wildman–Crippen LogP) is 3.77. The Morgan fingerprint density at radius 3 is 2.52 bits per heavy atom. The Hall–Kier alpha value is -2.30. The van der Waals surface area contributed by atoms with Crippen LogP contribution in [0.15, 0.2) is 64.0 Å². The normalized spacial score (nSPS) is 15.6. The molecule has 0 radical (unpaired) electrons. The van der Waals surface area contributed by atoms with E-state index in [1.807, 2.05) is 6.07 Å². The van der Waals surface area contributed by atoms with Crippen LogP contribution in [-0.2, 0) is 6.54 Å². The second-order valence-electron chi connectivity index (χ2n) is 6.33. The molecule has 0 saturated carbocycles. The minimum absolute atomic E-state index is 0.00855. The first kappa shape index (κ1) is 16.2. The van der Waals surface area contributed by atoms with Gasteiger partial charge < -0.3 is 9.32 Å². The minimum atomic E-state index is 0.00855. The van der Waals surface area contributed by atoms with Gasteiger partial charge in [0.1, 0.15) is 5.58 Å². The Labute approximate surface area is 151 Å². The van der Waals surface area contributed by atoms with Crippen molar-refractivity contribution in [2.45, 2.75) is 6.54 Å². The molecular formula is C20H19ClN2O2. The van der Waals surface area contributed by atoms with Crippen LogP contribution in [0.4, 0.5) is 5.69 Å². The quantitative estimate of drug-likeness (QED) is 0.717. The molecule has 2 aromatic carbocycles. The van der Waals surface area contributed by atoms with Gasteiger partial charge in [0.25, 0.3) is 0 Å². The largest absolute Gasteiger partial charge is 0.464 e. The third kappa shape index (κ3) is 3.41. The zero-order valence-corrected chi connectivity index (χ0v) is 14.6. The van der Waals surface area contributed by atoms with Crippen LogP contribution >= 0.6 is 11.6 Å². The molecule has 0 amide bonds. The molecule has 2 heterocycles. The third-order valence-electron chi connectivity index (χ3n) is 4.69.